The smallest absolute Gasteiger partial charge is 0.348 e. The van der Waals surface area contributed by atoms with Gasteiger partial charge in [0.25, 0.3) is 5.91 Å². The number of anilines is 1. The number of carbonyl (C=O) groups is 1. The number of amides is 1. The van der Waals surface area contributed by atoms with E-state index in [1.165, 1.54) is 12.1 Å². The van der Waals surface area contributed by atoms with Crippen LogP contribution in [0.1, 0.15) is 10.6 Å². The Balaban J connectivity index is 1.85. The van der Waals surface area contributed by atoms with Crippen molar-refractivity contribution in [1.29, 1.82) is 0 Å². The predicted octanol–water partition coefficient (Wildman–Crippen LogP) is 1.52. The number of H-pyrrole nitrogens is 1. The minimum absolute atomic E-state index is 0.0954. The molecule has 0 bridgehead atoms. The Hall–Kier alpha value is -3.35. The average molecular weight is 296 g/mol. The Kier molecular flexibility index (Phi) is 3.45. The summed E-state index contributed by atoms with van der Waals surface area (Å²) in [6, 6.07) is 14.8. The minimum atomic E-state index is -0.544. The topological polar surface area (TPSA) is 100 Å². The molecule has 7 nitrogen and oxygen atoms in total. The number of phenols is 1. The fourth-order valence-corrected chi connectivity index (χ4v) is 1.91. The Morgan fingerprint density at radius 1 is 1.09 bits per heavy atom. The van der Waals surface area contributed by atoms with Crippen LogP contribution in [0.5, 0.6) is 5.75 Å². The number of phenolic OH excluding ortho intramolecular Hbond substituents is 1. The van der Waals surface area contributed by atoms with E-state index in [-0.39, 0.29) is 11.6 Å². The van der Waals surface area contributed by atoms with E-state index < -0.39 is 11.6 Å². The number of nitrogens with zero attached hydrogens (tertiary/aromatic N) is 2. The van der Waals surface area contributed by atoms with E-state index in [0.29, 0.717) is 11.4 Å². The molecule has 22 heavy (non-hydrogen) atoms. The number of hydrogen-bond donors (Lipinski definition) is 3. The summed E-state index contributed by atoms with van der Waals surface area (Å²) >= 11 is 0. The van der Waals surface area contributed by atoms with E-state index >= 15 is 0 Å². The summed E-state index contributed by atoms with van der Waals surface area (Å²) in [5.41, 5.74) is 0.549. The first-order valence-electron chi connectivity index (χ1n) is 6.48. The van der Waals surface area contributed by atoms with Gasteiger partial charge in [-0.1, -0.05) is 18.2 Å². The van der Waals surface area contributed by atoms with Crippen molar-refractivity contribution in [2.45, 2.75) is 0 Å². The number of aromatic hydroxyl groups is 1. The maximum atomic E-state index is 12.1. The summed E-state index contributed by atoms with van der Waals surface area (Å²) in [6.07, 6.45) is 0. The summed E-state index contributed by atoms with van der Waals surface area (Å²) in [4.78, 5) is 26.4. The van der Waals surface area contributed by atoms with Crippen LogP contribution in [0.4, 0.5) is 5.69 Å². The fraction of sp³-hybridized carbons (Fsp3) is 0. The van der Waals surface area contributed by atoms with E-state index in [1.807, 2.05) is 6.07 Å². The van der Waals surface area contributed by atoms with Crippen LogP contribution in [0.2, 0.25) is 0 Å². The summed E-state index contributed by atoms with van der Waals surface area (Å²) < 4.78 is 1.12. The van der Waals surface area contributed by atoms with Crippen LogP contribution in [0.25, 0.3) is 5.69 Å². The van der Waals surface area contributed by atoms with Crippen LogP contribution in [-0.2, 0) is 0 Å². The highest BCUT2D eigenvalue weighted by molar-refractivity contribution is 6.01. The monoisotopic (exact) mass is 296 g/mol. The number of aromatic nitrogens is 3. The lowest BCUT2D eigenvalue weighted by Crippen LogP contribution is -2.15. The molecule has 1 aromatic heterocycles. The van der Waals surface area contributed by atoms with Crippen molar-refractivity contribution in [3.8, 4) is 11.4 Å². The SMILES string of the molecule is O=C(Nc1ccc(O)cc1)c1nn(-c2ccccc2)c(=O)[nH]1. The van der Waals surface area contributed by atoms with Crippen molar-refractivity contribution in [2.75, 3.05) is 5.32 Å². The van der Waals surface area contributed by atoms with Crippen LogP contribution in [-0.4, -0.2) is 25.8 Å². The van der Waals surface area contributed by atoms with Crippen molar-refractivity contribution >= 4 is 11.6 Å². The second-order valence-electron chi connectivity index (χ2n) is 4.53. The van der Waals surface area contributed by atoms with Gasteiger partial charge in [-0.2, -0.15) is 4.68 Å². The minimum Gasteiger partial charge on any atom is -0.508 e. The lowest BCUT2D eigenvalue weighted by molar-refractivity contribution is 0.101. The zero-order valence-corrected chi connectivity index (χ0v) is 11.4. The van der Waals surface area contributed by atoms with Crippen molar-refractivity contribution in [3.63, 3.8) is 0 Å². The number of hydrogen-bond acceptors (Lipinski definition) is 4. The maximum Gasteiger partial charge on any atom is 0.348 e. The number of rotatable bonds is 3. The summed E-state index contributed by atoms with van der Waals surface area (Å²) in [6.45, 7) is 0. The first kappa shape index (κ1) is 13.6. The molecule has 3 rings (SSSR count). The third-order valence-corrected chi connectivity index (χ3v) is 2.96. The zero-order chi connectivity index (χ0) is 15.5. The van der Waals surface area contributed by atoms with Gasteiger partial charge in [0, 0.05) is 5.69 Å². The highest BCUT2D eigenvalue weighted by atomic mass is 16.3. The predicted molar refractivity (Wildman–Crippen MR) is 80.2 cm³/mol. The molecule has 0 spiro atoms. The van der Waals surface area contributed by atoms with Gasteiger partial charge >= 0.3 is 5.69 Å². The van der Waals surface area contributed by atoms with Crippen molar-refractivity contribution < 1.29 is 9.90 Å². The van der Waals surface area contributed by atoms with Gasteiger partial charge in [-0.25, -0.2) is 4.79 Å². The molecular weight excluding hydrogens is 284 g/mol. The Bertz CT molecular complexity index is 850. The molecule has 7 heteroatoms. The van der Waals surface area contributed by atoms with Crippen LogP contribution >= 0.6 is 0 Å². The molecular formula is C15H12N4O3. The molecule has 1 amide bonds. The largest absolute Gasteiger partial charge is 0.508 e. The molecule has 2 aromatic carbocycles. The summed E-state index contributed by atoms with van der Waals surface area (Å²) in [7, 11) is 0. The second-order valence-corrected chi connectivity index (χ2v) is 4.53. The molecule has 3 N–H and O–H groups in total. The lowest BCUT2D eigenvalue weighted by atomic mass is 10.3. The van der Waals surface area contributed by atoms with Crippen molar-refractivity contribution in [2.24, 2.45) is 0 Å². The van der Waals surface area contributed by atoms with Gasteiger partial charge in [0.1, 0.15) is 5.75 Å². The summed E-state index contributed by atoms with van der Waals surface area (Å²) in [5, 5.41) is 15.8. The molecule has 1 heterocycles. The van der Waals surface area contributed by atoms with Gasteiger partial charge in [0.05, 0.1) is 5.69 Å². The van der Waals surface area contributed by atoms with Gasteiger partial charge < -0.3 is 10.4 Å². The van der Waals surface area contributed by atoms with Crippen LogP contribution in [0.15, 0.2) is 59.4 Å². The number of nitrogens with one attached hydrogen (secondary N) is 2. The molecule has 0 aliphatic rings. The molecule has 0 radical (unpaired) electrons. The van der Waals surface area contributed by atoms with Crippen molar-refractivity contribution in [3.05, 3.63) is 70.9 Å². The second kappa shape index (κ2) is 5.57. The number of para-hydroxylation sites is 1. The van der Waals surface area contributed by atoms with Crippen molar-refractivity contribution in [1.82, 2.24) is 14.8 Å². The van der Waals surface area contributed by atoms with E-state index in [4.69, 9.17) is 0 Å². The van der Waals surface area contributed by atoms with Gasteiger partial charge in [0.2, 0.25) is 5.82 Å². The molecule has 0 aliphatic heterocycles. The quantitative estimate of drug-likeness (QED) is 0.638. The normalized spacial score (nSPS) is 10.4. The van der Waals surface area contributed by atoms with Gasteiger partial charge in [-0.3, -0.25) is 9.78 Å². The molecule has 0 atom stereocenters. The first-order chi connectivity index (χ1) is 10.6. The van der Waals surface area contributed by atoms with Gasteiger partial charge in [0.15, 0.2) is 0 Å². The molecule has 0 fully saturated rings. The number of carbonyl (C=O) groups excluding carboxylic acids is 1. The average Bonchev–Trinajstić information content (AvgIpc) is 2.92. The first-order valence-corrected chi connectivity index (χ1v) is 6.48. The lowest BCUT2D eigenvalue weighted by Gasteiger charge is -2.02. The van der Waals surface area contributed by atoms with E-state index in [2.05, 4.69) is 15.4 Å². The molecule has 110 valence electrons. The highest BCUT2D eigenvalue weighted by Gasteiger charge is 2.14. The zero-order valence-electron chi connectivity index (χ0n) is 11.4. The standard InChI is InChI=1S/C15H12N4O3/c20-12-8-6-10(7-9-12)16-14(21)13-17-15(22)19(18-13)11-4-2-1-3-5-11/h1-9,20H,(H,16,21)(H,17,18,22). The molecule has 0 unspecified atom stereocenters. The highest BCUT2D eigenvalue weighted by Crippen LogP contribution is 2.14. The van der Waals surface area contributed by atoms with E-state index in [9.17, 15) is 14.7 Å². The Labute approximate surface area is 124 Å². The van der Waals surface area contributed by atoms with Crippen LogP contribution in [0.3, 0.4) is 0 Å². The molecule has 0 saturated carbocycles. The maximum absolute atomic E-state index is 12.1. The Morgan fingerprint density at radius 2 is 1.77 bits per heavy atom. The molecule has 0 aliphatic carbocycles. The molecule has 0 saturated heterocycles. The van der Waals surface area contributed by atoms with Crippen LogP contribution < -0.4 is 11.0 Å². The third-order valence-electron chi connectivity index (χ3n) is 2.96. The van der Waals surface area contributed by atoms with Gasteiger partial charge in [-0.15, -0.1) is 5.10 Å². The number of benzene rings is 2. The fourth-order valence-electron chi connectivity index (χ4n) is 1.91. The van der Waals surface area contributed by atoms with Crippen LogP contribution in [0, 0.1) is 0 Å². The third kappa shape index (κ3) is 2.73. The number of aromatic amines is 1. The Morgan fingerprint density at radius 3 is 2.45 bits per heavy atom. The molecule has 3 aromatic rings. The van der Waals surface area contributed by atoms with Gasteiger partial charge in [-0.05, 0) is 36.4 Å². The summed E-state index contributed by atoms with van der Waals surface area (Å²) in [5.74, 6) is -0.542. The van der Waals surface area contributed by atoms with E-state index in [1.54, 1.807) is 36.4 Å². The van der Waals surface area contributed by atoms with E-state index in [0.717, 1.165) is 4.68 Å².